The third-order valence-electron chi connectivity index (χ3n) is 2.26. The van der Waals surface area contributed by atoms with E-state index in [9.17, 15) is 9.18 Å². The fourth-order valence-electron chi connectivity index (χ4n) is 1.34. The number of rotatable bonds is 2. The van der Waals surface area contributed by atoms with Crippen molar-refractivity contribution in [3.8, 4) is 0 Å². The maximum atomic E-state index is 13.0. The minimum Gasteiger partial charge on any atom is -0.321 e. The van der Waals surface area contributed by atoms with Crippen LogP contribution in [0.5, 0.6) is 0 Å². The summed E-state index contributed by atoms with van der Waals surface area (Å²) >= 11 is 10.3. The molecule has 0 aliphatic carbocycles. The van der Waals surface area contributed by atoms with E-state index in [1.165, 1.54) is 29.5 Å². The Bertz CT molecular complexity index is 595. The van der Waals surface area contributed by atoms with Gasteiger partial charge in [-0.1, -0.05) is 11.6 Å². The van der Waals surface area contributed by atoms with Crippen LogP contribution >= 0.6 is 38.9 Å². The van der Waals surface area contributed by atoms with Crippen molar-refractivity contribution in [3.63, 3.8) is 0 Å². The Morgan fingerprint density at radius 2 is 2.17 bits per heavy atom. The van der Waals surface area contributed by atoms with Crippen LogP contribution in [-0.4, -0.2) is 5.91 Å². The van der Waals surface area contributed by atoms with E-state index in [1.807, 2.05) is 6.92 Å². The predicted molar refractivity (Wildman–Crippen MR) is 76.1 cm³/mol. The van der Waals surface area contributed by atoms with E-state index in [2.05, 4.69) is 21.2 Å². The Balaban J connectivity index is 2.18. The van der Waals surface area contributed by atoms with Gasteiger partial charge in [-0.15, -0.1) is 11.3 Å². The van der Waals surface area contributed by atoms with Gasteiger partial charge in [0.15, 0.2) is 0 Å². The number of hydrogen-bond donors (Lipinski definition) is 1. The van der Waals surface area contributed by atoms with E-state index in [0.29, 0.717) is 10.6 Å². The Hall–Kier alpha value is -0.910. The summed E-state index contributed by atoms with van der Waals surface area (Å²) in [7, 11) is 0. The van der Waals surface area contributed by atoms with Gasteiger partial charge in [0.1, 0.15) is 5.82 Å². The molecule has 2 aromatic rings. The molecule has 1 amide bonds. The second-order valence-electron chi connectivity index (χ2n) is 3.65. The van der Waals surface area contributed by atoms with Crippen LogP contribution in [0.3, 0.4) is 0 Å². The first kappa shape index (κ1) is 13.5. The molecule has 0 unspecified atom stereocenters. The first-order valence-electron chi connectivity index (χ1n) is 4.99. The molecule has 1 aromatic heterocycles. The van der Waals surface area contributed by atoms with Gasteiger partial charge in [-0.25, -0.2) is 4.39 Å². The van der Waals surface area contributed by atoms with Crippen molar-refractivity contribution in [1.82, 2.24) is 0 Å². The molecule has 0 aliphatic heterocycles. The molecule has 0 bridgehead atoms. The summed E-state index contributed by atoms with van der Waals surface area (Å²) in [5.41, 5.74) is 1.47. The molecule has 18 heavy (non-hydrogen) atoms. The van der Waals surface area contributed by atoms with Crippen molar-refractivity contribution in [2.24, 2.45) is 0 Å². The van der Waals surface area contributed by atoms with Crippen LogP contribution in [0.25, 0.3) is 0 Å². The third kappa shape index (κ3) is 2.91. The number of thiophene rings is 1. The minimum atomic E-state index is -0.510. The van der Waals surface area contributed by atoms with Crippen LogP contribution in [0.1, 0.15) is 15.2 Å². The van der Waals surface area contributed by atoms with Gasteiger partial charge in [0, 0.05) is 5.69 Å². The summed E-state index contributed by atoms with van der Waals surface area (Å²) in [6, 6.07) is 5.85. The van der Waals surface area contributed by atoms with Gasteiger partial charge in [0.05, 0.1) is 13.7 Å². The van der Waals surface area contributed by atoms with Gasteiger partial charge in [0.25, 0.3) is 5.91 Å². The quantitative estimate of drug-likeness (QED) is 0.824. The number of nitrogens with one attached hydrogen (secondary N) is 1. The Morgan fingerprint density at radius 3 is 2.72 bits per heavy atom. The zero-order chi connectivity index (χ0) is 13.3. The molecule has 94 valence electrons. The number of carbonyl (C=O) groups is 1. The Morgan fingerprint density at radius 1 is 1.44 bits per heavy atom. The zero-order valence-corrected chi connectivity index (χ0v) is 12.4. The Labute approximate surface area is 121 Å². The first-order chi connectivity index (χ1) is 8.47. The normalized spacial score (nSPS) is 10.4. The van der Waals surface area contributed by atoms with Crippen molar-refractivity contribution < 1.29 is 9.18 Å². The first-order valence-corrected chi connectivity index (χ1v) is 6.98. The lowest BCUT2D eigenvalue weighted by atomic mass is 10.3. The minimum absolute atomic E-state index is 0.0173. The topological polar surface area (TPSA) is 29.1 Å². The number of anilines is 1. The molecule has 0 radical (unpaired) electrons. The predicted octanol–water partition coefficient (Wildman–Crippen LogP) is 4.86. The van der Waals surface area contributed by atoms with Crippen LogP contribution < -0.4 is 5.32 Å². The summed E-state index contributed by atoms with van der Waals surface area (Å²) in [6.45, 7) is 1.91. The fourth-order valence-corrected chi connectivity index (χ4v) is 2.95. The lowest BCUT2D eigenvalue weighted by Crippen LogP contribution is -2.10. The van der Waals surface area contributed by atoms with Gasteiger partial charge in [-0.05, 0) is 52.7 Å². The highest BCUT2D eigenvalue weighted by Crippen LogP contribution is 2.28. The largest absolute Gasteiger partial charge is 0.321 e. The van der Waals surface area contributed by atoms with Crippen molar-refractivity contribution in [2.75, 3.05) is 5.32 Å². The monoisotopic (exact) mass is 347 g/mol. The van der Waals surface area contributed by atoms with Gasteiger partial charge < -0.3 is 5.32 Å². The van der Waals surface area contributed by atoms with E-state index in [0.717, 1.165) is 9.35 Å². The lowest BCUT2D eigenvalue weighted by molar-refractivity contribution is 0.103. The fraction of sp³-hybridized carbons (Fsp3) is 0.0833. The van der Waals surface area contributed by atoms with E-state index in [-0.39, 0.29) is 10.9 Å². The van der Waals surface area contributed by atoms with Crippen molar-refractivity contribution in [2.45, 2.75) is 6.92 Å². The molecule has 0 fully saturated rings. The molecule has 0 aliphatic rings. The smallest absolute Gasteiger partial charge is 0.265 e. The second kappa shape index (κ2) is 5.38. The highest BCUT2D eigenvalue weighted by Gasteiger charge is 2.12. The summed E-state index contributed by atoms with van der Waals surface area (Å²) in [6.07, 6.45) is 0. The van der Waals surface area contributed by atoms with Crippen LogP contribution in [0.4, 0.5) is 10.1 Å². The van der Waals surface area contributed by atoms with Gasteiger partial charge in [0.2, 0.25) is 0 Å². The number of aryl methyl sites for hydroxylation is 1. The molecule has 2 rings (SSSR count). The summed E-state index contributed by atoms with van der Waals surface area (Å²) in [5.74, 6) is -0.749. The van der Waals surface area contributed by atoms with Gasteiger partial charge >= 0.3 is 0 Å². The number of halogens is 3. The van der Waals surface area contributed by atoms with Gasteiger partial charge in [-0.3, -0.25) is 4.79 Å². The van der Waals surface area contributed by atoms with Crippen molar-refractivity contribution in [3.05, 3.63) is 49.3 Å². The molecular weight excluding hydrogens is 341 g/mol. The van der Waals surface area contributed by atoms with Crippen molar-refractivity contribution >= 4 is 50.5 Å². The molecule has 1 aromatic carbocycles. The van der Waals surface area contributed by atoms with Crippen LogP contribution in [0, 0.1) is 12.7 Å². The summed E-state index contributed by atoms with van der Waals surface area (Å²) < 4.78 is 13.9. The van der Waals surface area contributed by atoms with E-state index in [1.54, 1.807) is 6.07 Å². The van der Waals surface area contributed by atoms with E-state index < -0.39 is 5.82 Å². The third-order valence-corrected chi connectivity index (χ3v) is 4.68. The van der Waals surface area contributed by atoms with Crippen LogP contribution in [0.2, 0.25) is 5.02 Å². The number of benzene rings is 1. The SMILES string of the molecule is Cc1cc(C(=O)Nc2ccc(F)c(Cl)c2)sc1Br. The second-order valence-corrected chi connectivity index (χ2v) is 6.43. The highest BCUT2D eigenvalue weighted by atomic mass is 79.9. The average Bonchev–Trinajstić information content (AvgIpc) is 2.65. The summed E-state index contributed by atoms with van der Waals surface area (Å²) in [4.78, 5) is 12.5. The number of amides is 1. The lowest BCUT2D eigenvalue weighted by Gasteiger charge is -2.04. The highest BCUT2D eigenvalue weighted by molar-refractivity contribution is 9.11. The molecule has 6 heteroatoms. The molecule has 0 saturated heterocycles. The molecule has 0 spiro atoms. The van der Waals surface area contributed by atoms with E-state index in [4.69, 9.17) is 11.6 Å². The van der Waals surface area contributed by atoms with Crippen LogP contribution in [-0.2, 0) is 0 Å². The average molecular weight is 349 g/mol. The maximum absolute atomic E-state index is 13.0. The number of carbonyl (C=O) groups excluding carboxylic acids is 1. The van der Waals surface area contributed by atoms with E-state index >= 15 is 0 Å². The summed E-state index contributed by atoms with van der Waals surface area (Å²) in [5, 5.41) is 2.65. The molecule has 0 atom stereocenters. The maximum Gasteiger partial charge on any atom is 0.265 e. The standard InChI is InChI=1S/C12H8BrClFNOS/c1-6-4-10(18-11(6)13)12(17)16-7-2-3-9(15)8(14)5-7/h2-5H,1H3,(H,16,17). The molecular formula is C12H8BrClFNOS. The van der Waals surface area contributed by atoms with Crippen molar-refractivity contribution in [1.29, 1.82) is 0 Å². The number of hydrogen-bond acceptors (Lipinski definition) is 2. The van der Waals surface area contributed by atoms with Crippen LogP contribution in [0.15, 0.2) is 28.1 Å². The molecule has 2 nitrogen and oxygen atoms in total. The molecule has 1 heterocycles. The molecule has 1 N–H and O–H groups in total. The Kier molecular flexibility index (Phi) is 4.04. The molecule has 0 saturated carbocycles. The zero-order valence-electron chi connectivity index (χ0n) is 9.26. The van der Waals surface area contributed by atoms with Gasteiger partial charge in [-0.2, -0.15) is 0 Å².